The van der Waals surface area contributed by atoms with Crippen molar-refractivity contribution in [2.45, 2.75) is 18.7 Å². The molecule has 2 atom stereocenters. The Balaban J connectivity index is 2.36. The van der Waals surface area contributed by atoms with Gasteiger partial charge in [-0.25, -0.2) is 0 Å². The van der Waals surface area contributed by atoms with Gasteiger partial charge in [-0.1, -0.05) is 0 Å². The van der Waals surface area contributed by atoms with Crippen LogP contribution in [-0.4, -0.2) is 40.7 Å². The van der Waals surface area contributed by atoms with E-state index in [9.17, 15) is 5.11 Å². The Morgan fingerprint density at radius 1 is 1.69 bits per heavy atom. The van der Waals surface area contributed by atoms with Crippen molar-refractivity contribution in [1.29, 1.82) is 0 Å². The van der Waals surface area contributed by atoms with Gasteiger partial charge in [0.05, 0.1) is 25.3 Å². The predicted octanol–water partition coefficient (Wildman–Crippen LogP) is -0.782. The van der Waals surface area contributed by atoms with Crippen molar-refractivity contribution >= 4 is 0 Å². The summed E-state index contributed by atoms with van der Waals surface area (Å²) >= 11 is 0. The number of methoxy groups -OCH3 is 1. The fourth-order valence-electron chi connectivity index (χ4n) is 1.04. The summed E-state index contributed by atoms with van der Waals surface area (Å²) in [6, 6.07) is 1.47. The smallest absolute Gasteiger partial charge is 0.0942 e. The SMILES string of the molecule is COC[C@@H](O)[C@H](N)Cn1cccn1. The summed E-state index contributed by atoms with van der Waals surface area (Å²) in [5, 5.41) is 13.4. The van der Waals surface area contributed by atoms with E-state index in [-0.39, 0.29) is 12.6 Å². The molecular weight excluding hydrogens is 170 g/mol. The highest BCUT2D eigenvalue weighted by atomic mass is 16.5. The summed E-state index contributed by atoms with van der Waals surface area (Å²) in [5.41, 5.74) is 5.70. The van der Waals surface area contributed by atoms with Gasteiger partial charge in [0.15, 0.2) is 0 Å². The molecule has 0 aromatic carbocycles. The van der Waals surface area contributed by atoms with Gasteiger partial charge in [-0.15, -0.1) is 0 Å². The van der Waals surface area contributed by atoms with Crippen LogP contribution in [0.1, 0.15) is 0 Å². The Kier molecular flexibility index (Phi) is 3.88. The van der Waals surface area contributed by atoms with Gasteiger partial charge in [0.2, 0.25) is 0 Å². The van der Waals surface area contributed by atoms with Crippen LogP contribution in [-0.2, 0) is 11.3 Å². The van der Waals surface area contributed by atoms with Gasteiger partial charge in [0, 0.05) is 19.5 Å². The van der Waals surface area contributed by atoms with Crippen molar-refractivity contribution in [2.75, 3.05) is 13.7 Å². The van der Waals surface area contributed by atoms with E-state index >= 15 is 0 Å². The first kappa shape index (κ1) is 10.2. The lowest BCUT2D eigenvalue weighted by Crippen LogP contribution is -2.41. The van der Waals surface area contributed by atoms with Crippen molar-refractivity contribution in [3.05, 3.63) is 18.5 Å². The molecule has 0 fully saturated rings. The van der Waals surface area contributed by atoms with Crippen LogP contribution in [0.15, 0.2) is 18.5 Å². The Labute approximate surface area is 77.1 Å². The van der Waals surface area contributed by atoms with Gasteiger partial charge in [0.25, 0.3) is 0 Å². The van der Waals surface area contributed by atoms with Crippen molar-refractivity contribution < 1.29 is 9.84 Å². The Morgan fingerprint density at radius 3 is 3.00 bits per heavy atom. The molecule has 0 aliphatic carbocycles. The quantitative estimate of drug-likeness (QED) is 0.631. The molecule has 5 nitrogen and oxygen atoms in total. The van der Waals surface area contributed by atoms with Gasteiger partial charge in [-0.05, 0) is 6.07 Å². The third-order valence-corrected chi connectivity index (χ3v) is 1.79. The molecule has 0 saturated heterocycles. The average molecular weight is 185 g/mol. The summed E-state index contributed by atoms with van der Waals surface area (Å²) in [5.74, 6) is 0. The molecule has 0 aliphatic heterocycles. The molecular formula is C8H15N3O2. The fourth-order valence-corrected chi connectivity index (χ4v) is 1.04. The zero-order valence-electron chi connectivity index (χ0n) is 7.63. The lowest BCUT2D eigenvalue weighted by molar-refractivity contribution is 0.0434. The van der Waals surface area contributed by atoms with E-state index < -0.39 is 6.10 Å². The van der Waals surface area contributed by atoms with E-state index in [4.69, 9.17) is 10.5 Å². The molecule has 0 bridgehead atoms. The van der Waals surface area contributed by atoms with E-state index in [1.807, 2.05) is 6.07 Å². The van der Waals surface area contributed by atoms with Crippen molar-refractivity contribution in [3.8, 4) is 0 Å². The standard InChI is InChI=1S/C8H15N3O2/c1-13-6-8(12)7(9)5-11-4-2-3-10-11/h2-4,7-8,12H,5-6,9H2,1H3/t7-,8-/m1/s1. The first-order chi connectivity index (χ1) is 6.24. The Bertz CT molecular complexity index is 225. The molecule has 1 aromatic rings. The van der Waals surface area contributed by atoms with Crippen LogP contribution in [0.3, 0.4) is 0 Å². The predicted molar refractivity (Wildman–Crippen MR) is 48.1 cm³/mol. The van der Waals surface area contributed by atoms with Crippen LogP contribution in [0.5, 0.6) is 0 Å². The highest BCUT2D eigenvalue weighted by Crippen LogP contribution is 1.95. The molecule has 13 heavy (non-hydrogen) atoms. The van der Waals surface area contributed by atoms with Crippen molar-refractivity contribution in [2.24, 2.45) is 5.73 Å². The maximum Gasteiger partial charge on any atom is 0.0942 e. The summed E-state index contributed by atoms with van der Waals surface area (Å²) in [6.07, 6.45) is 2.84. The molecule has 1 rings (SSSR count). The van der Waals surface area contributed by atoms with Crippen molar-refractivity contribution in [3.63, 3.8) is 0 Å². The lowest BCUT2D eigenvalue weighted by atomic mass is 10.2. The minimum atomic E-state index is -0.644. The largest absolute Gasteiger partial charge is 0.389 e. The third kappa shape index (κ3) is 3.14. The number of aliphatic hydroxyl groups excluding tert-OH is 1. The normalized spacial score (nSPS) is 15.6. The highest BCUT2D eigenvalue weighted by Gasteiger charge is 2.14. The number of aromatic nitrogens is 2. The Morgan fingerprint density at radius 2 is 2.46 bits per heavy atom. The lowest BCUT2D eigenvalue weighted by Gasteiger charge is -2.17. The monoisotopic (exact) mass is 185 g/mol. The molecule has 1 aromatic heterocycles. The topological polar surface area (TPSA) is 73.3 Å². The molecule has 0 aliphatic rings. The zero-order valence-corrected chi connectivity index (χ0v) is 7.63. The molecule has 74 valence electrons. The summed E-state index contributed by atoms with van der Waals surface area (Å²) in [4.78, 5) is 0. The highest BCUT2D eigenvalue weighted by molar-refractivity contribution is 4.80. The second-order valence-electron chi connectivity index (χ2n) is 2.91. The van der Waals surface area contributed by atoms with E-state index in [2.05, 4.69) is 5.10 Å². The summed E-state index contributed by atoms with van der Waals surface area (Å²) in [6.45, 7) is 0.750. The molecule has 1 heterocycles. The number of aliphatic hydroxyl groups is 1. The minimum Gasteiger partial charge on any atom is -0.389 e. The van der Waals surface area contributed by atoms with Crippen LogP contribution in [0.25, 0.3) is 0 Å². The van der Waals surface area contributed by atoms with Crippen LogP contribution >= 0.6 is 0 Å². The van der Waals surface area contributed by atoms with Crippen molar-refractivity contribution in [1.82, 2.24) is 9.78 Å². The second kappa shape index (κ2) is 4.96. The molecule has 0 radical (unpaired) electrons. The number of hydrogen-bond acceptors (Lipinski definition) is 4. The fraction of sp³-hybridized carbons (Fsp3) is 0.625. The van der Waals surface area contributed by atoms with Gasteiger partial charge >= 0.3 is 0 Å². The molecule has 0 unspecified atom stereocenters. The van der Waals surface area contributed by atoms with E-state index in [0.29, 0.717) is 6.54 Å². The maximum absolute atomic E-state index is 9.43. The van der Waals surface area contributed by atoms with Gasteiger partial charge in [0.1, 0.15) is 0 Å². The summed E-state index contributed by atoms with van der Waals surface area (Å²) < 4.78 is 6.47. The third-order valence-electron chi connectivity index (χ3n) is 1.79. The van der Waals surface area contributed by atoms with Gasteiger partial charge < -0.3 is 15.6 Å². The molecule has 5 heteroatoms. The van der Waals surface area contributed by atoms with Crippen LogP contribution in [0.4, 0.5) is 0 Å². The first-order valence-electron chi connectivity index (χ1n) is 4.14. The molecule has 0 spiro atoms. The number of nitrogens with two attached hydrogens (primary N) is 1. The average Bonchev–Trinajstić information content (AvgIpc) is 2.57. The van der Waals surface area contributed by atoms with E-state index in [1.54, 1.807) is 17.1 Å². The molecule has 3 N–H and O–H groups in total. The zero-order chi connectivity index (χ0) is 9.68. The molecule has 0 saturated carbocycles. The second-order valence-corrected chi connectivity index (χ2v) is 2.91. The number of hydrogen-bond donors (Lipinski definition) is 2. The van der Waals surface area contributed by atoms with E-state index in [1.165, 1.54) is 7.11 Å². The minimum absolute atomic E-state index is 0.252. The first-order valence-corrected chi connectivity index (χ1v) is 4.14. The number of nitrogens with zero attached hydrogens (tertiary/aromatic N) is 2. The maximum atomic E-state index is 9.43. The van der Waals surface area contributed by atoms with E-state index in [0.717, 1.165) is 0 Å². The van der Waals surface area contributed by atoms with Crippen LogP contribution in [0, 0.1) is 0 Å². The Hall–Kier alpha value is -0.910. The number of rotatable bonds is 5. The van der Waals surface area contributed by atoms with Crippen LogP contribution in [0.2, 0.25) is 0 Å². The van der Waals surface area contributed by atoms with Crippen LogP contribution < -0.4 is 5.73 Å². The molecule has 0 amide bonds. The van der Waals surface area contributed by atoms with Gasteiger partial charge in [-0.3, -0.25) is 4.68 Å². The number of ether oxygens (including phenoxy) is 1. The van der Waals surface area contributed by atoms with Gasteiger partial charge in [-0.2, -0.15) is 5.10 Å². The summed E-state index contributed by atoms with van der Waals surface area (Å²) in [7, 11) is 1.53.